The van der Waals surface area contributed by atoms with Gasteiger partial charge in [-0.1, -0.05) is 62.4 Å². The SMILES string of the molecule is COc1c(NC(=O)c2ccc(C)c(-n3cc(C4CN(C)C(N5CCN(Cc6ccccc6)CC5)=N4)nn3)c2)cc(C(C)(C)C)cc1NS(C)(=O)=O. The van der Waals surface area contributed by atoms with E-state index in [0.29, 0.717) is 23.5 Å². The highest BCUT2D eigenvalue weighted by molar-refractivity contribution is 7.92. The minimum atomic E-state index is -3.61. The molecule has 4 aromatic rings. The fourth-order valence-corrected chi connectivity index (χ4v) is 6.99. The van der Waals surface area contributed by atoms with E-state index < -0.39 is 10.0 Å². The van der Waals surface area contributed by atoms with Crippen LogP contribution in [-0.4, -0.2) is 103 Å². The molecule has 3 heterocycles. The van der Waals surface area contributed by atoms with Crippen molar-refractivity contribution in [3.8, 4) is 11.4 Å². The monoisotopic (exact) mass is 713 g/mol. The van der Waals surface area contributed by atoms with Crippen LogP contribution in [0.3, 0.4) is 0 Å². The molecular formula is C37H47N9O4S. The zero-order chi connectivity index (χ0) is 36.5. The summed E-state index contributed by atoms with van der Waals surface area (Å²) in [7, 11) is -0.110. The largest absolute Gasteiger partial charge is 0.492 e. The predicted molar refractivity (Wildman–Crippen MR) is 200 cm³/mol. The van der Waals surface area contributed by atoms with Gasteiger partial charge in [0, 0.05) is 51.9 Å². The van der Waals surface area contributed by atoms with E-state index in [1.54, 1.807) is 28.9 Å². The van der Waals surface area contributed by atoms with Crippen LogP contribution in [0.5, 0.6) is 5.75 Å². The smallest absolute Gasteiger partial charge is 0.255 e. The van der Waals surface area contributed by atoms with Gasteiger partial charge in [-0.2, -0.15) is 0 Å². The summed E-state index contributed by atoms with van der Waals surface area (Å²) < 4.78 is 34.1. The van der Waals surface area contributed by atoms with Gasteiger partial charge in [0.15, 0.2) is 11.7 Å². The van der Waals surface area contributed by atoms with Crippen LogP contribution in [0.25, 0.3) is 5.69 Å². The lowest BCUT2D eigenvalue weighted by molar-refractivity contribution is 0.102. The molecule has 270 valence electrons. The Morgan fingerprint density at radius 1 is 1.00 bits per heavy atom. The second-order valence-electron chi connectivity index (χ2n) is 14.3. The van der Waals surface area contributed by atoms with Crippen molar-refractivity contribution < 1.29 is 17.9 Å². The quantitative estimate of drug-likeness (QED) is 0.254. The van der Waals surface area contributed by atoms with Crippen LogP contribution >= 0.6 is 0 Å². The van der Waals surface area contributed by atoms with Crippen LogP contribution in [-0.2, 0) is 22.0 Å². The molecule has 3 aromatic carbocycles. The summed E-state index contributed by atoms with van der Waals surface area (Å²) in [6.45, 7) is 13.4. The molecule has 1 aromatic heterocycles. The molecule has 0 aliphatic carbocycles. The second-order valence-corrected chi connectivity index (χ2v) is 16.1. The lowest BCUT2D eigenvalue weighted by Crippen LogP contribution is -2.51. The molecule has 14 heteroatoms. The number of carbonyl (C=O) groups is 1. The minimum absolute atomic E-state index is 0.162. The molecular weight excluding hydrogens is 667 g/mol. The first kappa shape index (κ1) is 35.9. The number of aliphatic imine (C=N–C) groups is 1. The van der Waals surface area contributed by atoms with E-state index in [2.05, 4.69) is 72.4 Å². The van der Waals surface area contributed by atoms with Gasteiger partial charge < -0.3 is 19.9 Å². The molecule has 1 saturated heterocycles. The van der Waals surface area contributed by atoms with Gasteiger partial charge in [0.2, 0.25) is 10.0 Å². The van der Waals surface area contributed by atoms with E-state index >= 15 is 0 Å². The van der Waals surface area contributed by atoms with Gasteiger partial charge in [-0.3, -0.25) is 14.4 Å². The van der Waals surface area contributed by atoms with Gasteiger partial charge in [0.25, 0.3) is 5.91 Å². The minimum Gasteiger partial charge on any atom is -0.492 e. The van der Waals surface area contributed by atoms with Crippen molar-refractivity contribution in [1.82, 2.24) is 29.7 Å². The van der Waals surface area contributed by atoms with E-state index in [9.17, 15) is 13.2 Å². The summed E-state index contributed by atoms with van der Waals surface area (Å²) in [5.41, 5.74) is 5.17. The topological polar surface area (TPSA) is 137 Å². The molecule has 0 spiro atoms. The standard InChI is InChI=1S/C37H47N9O4S/c1-25-13-14-27(35(47)38-29-20-28(37(2,3)4)21-30(34(29)50-6)41-51(7,48)49)19-33(25)46-24-32(40-42-46)31-23-43(5)36(39-31)45-17-15-44(16-18-45)22-26-11-9-8-10-12-26/h8-14,19-21,24,31,41H,15-18,22-23H2,1-7H3,(H,38,47). The van der Waals surface area contributed by atoms with Crippen LogP contribution in [0.1, 0.15) is 59.6 Å². The molecule has 13 nitrogen and oxygen atoms in total. The van der Waals surface area contributed by atoms with Gasteiger partial charge >= 0.3 is 0 Å². The number of aromatic nitrogens is 3. The van der Waals surface area contributed by atoms with Crippen molar-refractivity contribution in [2.24, 2.45) is 4.99 Å². The third-order valence-electron chi connectivity index (χ3n) is 9.24. The lowest BCUT2D eigenvalue weighted by atomic mass is 9.86. The Bertz CT molecular complexity index is 2030. The van der Waals surface area contributed by atoms with Crippen molar-refractivity contribution in [2.75, 3.05) is 63.2 Å². The number of rotatable bonds is 9. The fraction of sp³-hybridized carbons (Fsp3) is 0.405. The summed E-state index contributed by atoms with van der Waals surface area (Å²) in [4.78, 5) is 25.8. The number of aryl methyl sites for hydroxylation is 1. The summed E-state index contributed by atoms with van der Waals surface area (Å²) in [5, 5.41) is 11.9. The lowest BCUT2D eigenvalue weighted by Gasteiger charge is -2.37. The number of piperazine rings is 1. The molecule has 1 unspecified atom stereocenters. The highest BCUT2D eigenvalue weighted by atomic mass is 32.2. The van der Waals surface area contributed by atoms with Gasteiger partial charge in [-0.05, 0) is 53.3 Å². The van der Waals surface area contributed by atoms with Crippen LogP contribution in [0, 0.1) is 6.92 Å². The van der Waals surface area contributed by atoms with Crippen molar-refractivity contribution >= 4 is 33.3 Å². The van der Waals surface area contributed by atoms with E-state index in [0.717, 1.165) is 61.8 Å². The summed E-state index contributed by atoms with van der Waals surface area (Å²) in [6.07, 6.45) is 2.95. The van der Waals surface area contributed by atoms with Gasteiger partial charge in [0.1, 0.15) is 11.7 Å². The Labute approximate surface area is 300 Å². The fourth-order valence-electron chi connectivity index (χ4n) is 6.44. The zero-order valence-corrected chi connectivity index (χ0v) is 31.2. The first-order valence-corrected chi connectivity index (χ1v) is 18.9. The molecule has 2 N–H and O–H groups in total. The average Bonchev–Trinajstić information content (AvgIpc) is 3.72. The number of ether oxygens (including phenoxy) is 1. The molecule has 51 heavy (non-hydrogen) atoms. The summed E-state index contributed by atoms with van der Waals surface area (Å²) >= 11 is 0. The molecule has 0 bridgehead atoms. The predicted octanol–water partition coefficient (Wildman–Crippen LogP) is 4.67. The number of hydrogen-bond acceptors (Lipinski definition) is 10. The number of nitrogens with zero attached hydrogens (tertiary/aromatic N) is 7. The van der Waals surface area contributed by atoms with E-state index in [1.807, 2.05) is 40.0 Å². The van der Waals surface area contributed by atoms with Crippen LogP contribution in [0.4, 0.5) is 11.4 Å². The second kappa shape index (κ2) is 14.3. The number of guanidine groups is 1. The van der Waals surface area contributed by atoms with Crippen LogP contribution in [0.2, 0.25) is 0 Å². The van der Waals surface area contributed by atoms with Gasteiger partial charge in [-0.25, -0.2) is 18.1 Å². The maximum Gasteiger partial charge on any atom is 0.255 e. The van der Waals surface area contributed by atoms with Crippen molar-refractivity contribution in [3.05, 3.63) is 94.8 Å². The molecule has 0 saturated carbocycles. The maximum atomic E-state index is 13.7. The average molecular weight is 714 g/mol. The Hall–Kier alpha value is -4.95. The summed E-state index contributed by atoms with van der Waals surface area (Å²) in [5.74, 6) is 0.803. The van der Waals surface area contributed by atoms with Gasteiger partial charge in [-0.15, -0.1) is 5.10 Å². The number of carbonyl (C=O) groups excluding carboxylic acids is 1. The number of sulfonamides is 1. The number of benzene rings is 3. The van der Waals surface area contributed by atoms with Crippen LogP contribution < -0.4 is 14.8 Å². The highest BCUT2D eigenvalue weighted by Crippen LogP contribution is 2.39. The van der Waals surface area contributed by atoms with Crippen LogP contribution in [0.15, 0.2) is 71.9 Å². The molecule has 2 aliphatic rings. The Morgan fingerprint density at radius 2 is 1.71 bits per heavy atom. The Kier molecular flexibility index (Phi) is 10.1. The maximum absolute atomic E-state index is 13.7. The molecule has 1 amide bonds. The first-order valence-electron chi connectivity index (χ1n) is 17.0. The van der Waals surface area contributed by atoms with E-state index in [4.69, 9.17) is 9.73 Å². The first-order chi connectivity index (χ1) is 24.2. The van der Waals surface area contributed by atoms with E-state index in [-0.39, 0.29) is 28.8 Å². The Balaban J connectivity index is 1.18. The van der Waals surface area contributed by atoms with Crippen molar-refractivity contribution in [1.29, 1.82) is 0 Å². The normalized spacial score (nSPS) is 17.0. The van der Waals surface area contributed by atoms with E-state index in [1.165, 1.54) is 12.7 Å². The Morgan fingerprint density at radius 3 is 2.37 bits per heavy atom. The number of amides is 1. The number of hydrogen-bond donors (Lipinski definition) is 2. The van der Waals surface area contributed by atoms with Crippen molar-refractivity contribution in [2.45, 2.75) is 45.7 Å². The number of methoxy groups -OCH3 is 1. The molecule has 6 rings (SSSR count). The number of nitrogens with one attached hydrogen (secondary N) is 2. The molecule has 2 aliphatic heterocycles. The number of likely N-dealkylation sites (N-methyl/N-ethyl adjacent to an activating group) is 1. The zero-order valence-electron chi connectivity index (χ0n) is 30.3. The third kappa shape index (κ3) is 8.34. The molecule has 1 atom stereocenters. The highest BCUT2D eigenvalue weighted by Gasteiger charge is 2.31. The van der Waals surface area contributed by atoms with Gasteiger partial charge in [0.05, 0.1) is 36.6 Å². The molecule has 1 fully saturated rings. The number of anilines is 2. The third-order valence-corrected chi connectivity index (χ3v) is 9.83. The van der Waals surface area contributed by atoms with Crippen molar-refractivity contribution in [3.63, 3.8) is 0 Å². The summed E-state index contributed by atoms with van der Waals surface area (Å²) in [6, 6.07) is 19.3. The molecule has 0 radical (unpaired) electrons.